The summed E-state index contributed by atoms with van der Waals surface area (Å²) in [7, 11) is 3.21. The van der Waals surface area contributed by atoms with E-state index in [1.165, 1.54) is 0 Å². The van der Waals surface area contributed by atoms with Gasteiger partial charge in [0.25, 0.3) is 0 Å². The Balaban J connectivity index is 2.19. The first kappa shape index (κ1) is 14.1. The molecule has 0 spiro atoms. The van der Waals surface area contributed by atoms with Crippen molar-refractivity contribution in [2.45, 2.75) is 6.29 Å². The second kappa shape index (κ2) is 6.70. The lowest BCUT2D eigenvalue weighted by molar-refractivity contribution is -0.106. The molecular weight excluding hydrogens is 308 g/mol. The van der Waals surface area contributed by atoms with Crippen LogP contribution in [-0.4, -0.2) is 14.2 Å². The molecule has 0 heterocycles. The Kier molecular flexibility index (Phi) is 4.96. The van der Waals surface area contributed by atoms with Crippen LogP contribution < -0.4 is 4.74 Å². The number of ether oxygens (including phenoxy) is 3. The van der Waals surface area contributed by atoms with Gasteiger partial charge in [-0.25, -0.2) is 0 Å². The van der Waals surface area contributed by atoms with Crippen LogP contribution in [0, 0.1) is 0 Å². The number of benzene rings is 2. The maximum atomic E-state index is 5.75. The Bertz CT molecular complexity index is 524. The summed E-state index contributed by atoms with van der Waals surface area (Å²) in [5.41, 5.74) is 0.922. The average molecular weight is 323 g/mol. The van der Waals surface area contributed by atoms with E-state index in [2.05, 4.69) is 15.9 Å². The highest BCUT2D eigenvalue weighted by atomic mass is 79.9. The van der Waals surface area contributed by atoms with E-state index in [1.807, 2.05) is 48.5 Å². The minimum atomic E-state index is -0.389. The van der Waals surface area contributed by atoms with Gasteiger partial charge in [0.2, 0.25) is 0 Å². The number of hydrogen-bond acceptors (Lipinski definition) is 3. The maximum absolute atomic E-state index is 5.75. The molecule has 100 valence electrons. The summed E-state index contributed by atoms with van der Waals surface area (Å²) in [6.07, 6.45) is -0.389. The molecule has 0 saturated carbocycles. The SMILES string of the molecule is COC(OC)c1ccc(Oc2ccccc2)cc1Br. The second-order valence-corrected chi connectivity index (χ2v) is 4.76. The van der Waals surface area contributed by atoms with Crippen LogP contribution in [0.2, 0.25) is 0 Å². The molecule has 0 unspecified atom stereocenters. The lowest BCUT2D eigenvalue weighted by atomic mass is 10.2. The van der Waals surface area contributed by atoms with Crippen molar-refractivity contribution in [3.63, 3.8) is 0 Å². The van der Waals surface area contributed by atoms with Gasteiger partial charge < -0.3 is 14.2 Å². The van der Waals surface area contributed by atoms with E-state index in [4.69, 9.17) is 14.2 Å². The van der Waals surface area contributed by atoms with Gasteiger partial charge in [-0.2, -0.15) is 0 Å². The second-order valence-electron chi connectivity index (χ2n) is 3.90. The molecule has 0 N–H and O–H groups in total. The molecule has 0 saturated heterocycles. The first-order valence-corrected chi connectivity index (χ1v) is 6.62. The van der Waals surface area contributed by atoms with Crippen LogP contribution in [0.4, 0.5) is 0 Å². The topological polar surface area (TPSA) is 27.7 Å². The largest absolute Gasteiger partial charge is 0.457 e. The predicted octanol–water partition coefficient (Wildman–Crippen LogP) is 4.53. The first-order chi connectivity index (χ1) is 9.24. The molecule has 0 aliphatic carbocycles. The number of para-hydroxylation sites is 1. The Morgan fingerprint density at radius 2 is 1.58 bits per heavy atom. The molecule has 0 bridgehead atoms. The fourth-order valence-corrected chi connectivity index (χ4v) is 2.28. The van der Waals surface area contributed by atoms with Crippen LogP contribution in [0.5, 0.6) is 11.5 Å². The molecule has 0 fully saturated rings. The van der Waals surface area contributed by atoms with E-state index < -0.39 is 0 Å². The fraction of sp³-hybridized carbons (Fsp3) is 0.200. The Morgan fingerprint density at radius 1 is 0.895 bits per heavy atom. The van der Waals surface area contributed by atoms with Crippen molar-refractivity contribution >= 4 is 15.9 Å². The van der Waals surface area contributed by atoms with E-state index in [0.29, 0.717) is 0 Å². The number of halogens is 1. The monoisotopic (exact) mass is 322 g/mol. The van der Waals surface area contributed by atoms with Crippen LogP contribution in [-0.2, 0) is 9.47 Å². The molecule has 0 radical (unpaired) electrons. The van der Waals surface area contributed by atoms with Gasteiger partial charge in [-0.05, 0) is 30.3 Å². The van der Waals surface area contributed by atoms with Gasteiger partial charge >= 0.3 is 0 Å². The van der Waals surface area contributed by atoms with Crippen LogP contribution in [0.1, 0.15) is 11.9 Å². The summed E-state index contributed by atoms with van der Waals surface area (Å²) in [6, 6.07) is 15.3. The number of hydrogen-bond donors (Lipinski definition) is 0. The molecule has 4 heteroatoms. The van der Waals surface area contributed by atoms with Crippen molar-refractivity contribution in [1.29, 1.82) is 0 Å². The molecule has 0 atom stereocenters. The molecule has 2 rings (SSSR count). The minimum Gasteiger partial charge on any atom is -0.457 e. The fourth-order valence-electron chi connectivity index (χ4n) is 1.74. The predicted molar refractivity (Wildman–Crippen MR) is 77.4 cm³/mol. The van der Waals surface area contributed by atoms with Crippen molar-refractivity contribution in [2.75, 3.05) is 14.2 Å². The van der Waals surface area contributed by atoms with Gasteiger partial charge in [0.1, 0.15) is 11.5 Å². The molecule has 2 aromatic carbocycles. The van der Waals surface area contributed by atoms with Crippen LogP contribution >= 0.6 is 15.9 Å². The van der Waals surface area contributed by atoms with Crippen LogP contribution in [0.25, 0.3) is 0 Å². The number of methoxy groups -OCH3 is 2. The van der Waals surface area contributed by atoms with E-state index in [9.17, 15) is 0 Å². The average Bonchev–Trinajstić information content (AvgIpc) is 2.43. The Hall–Kier alpha value is -1.36. The normalized spacial score (nSPS) is 10.7. The zero-order valence-corrected chi connectivity index (χ0v) is 12.4. The molecule has 0 aromatic heterocycles. The van der Waals surface area contributed by atoms with Gasteiger partial charge in [0.05, 0.1) is 0 Å². The van der Waals surface area contributed by atoms with Crippen molar-refractivity contribution in [2.24, 2.45) is 0 Å². The zero-order chi connectivity index (χ0) is 13.7. The number of rotatable bonds is 5. The molecule has 19 heavy (non-hydrogen) atoms. The molecule has 2 aromatic rings. The van der Waals surface area contributed by atoms with Crippen molar-refractivity contribution in [1.82, 2.24) is 0 Å². The van der Waals surface area contributed by atoms with Crippen LogP contribution in [0.3, 0.4) is 0 Å². The minimum absolute atomic E-state index is 0.389. The third-order valence-electron chi connectivity index (χ3n) is 2.63. The van der Waals surface area contributed by atoms with Gasteiger partial charge in [-0.15, -0.1) is 0 Å². The summed E-state index contributed by atoms with van der Waals surface area (Å²) < 4.78 is 17.1. The third kappa shape index (κ3) is 3.56. The summed E-state index contributed by atoms with van der Waals surface area (Å²) in [5.74, 6) is 1.56. The zero-order valence-electron chi connectivity index (χ0n) is 10.8. The smallest absolute Gasteiger partial charge is 0.184 e. The summed E-state index contributed by atoms with van der Waals surface area (Å²) in [5, 5.41) is 0. The van der Waals surface area contributed by atoms with E-state index in [-0.39, 0.29) is 6.29 Å². The molecule has 0 amide bonds. The molecule has 3 nitrogen and oxygen atoms in total. The summed E-state index contributed by atoms with van der Waals surface area (Å²) >= 11 is 3.50. The highest BCUT2D eigenvalue weighted by Gasteiger charge is 2.13. The van der Waals surface area contributed by atoms with Gasteiger partial charge in [-0.1, -0.05) is 34.1 Å². The molecule has 0 aliphatic rings. The third-order valence-corrected chi connectivity index (χ3v) is 3.32. The lowest BCUT2D eigenvalue weighted by Crippen LogP contribution is -2.04. The van der Waals surface area contributed by atoms with Crippen LogP contribution in [0.15, 0.2) is 53.0 Å². The van der Waals surface area contributed by atoms with E-state index >= 15 is 0 Å². The molecular formula is C15H15BrO3. The van der Waals surface area contributed by atoms with E-state index in [1.54, 1.807) is 14.2 Å². The van der Waals surface area contributed by atoms with Gasteiger partial charge in [-0.3, -0.25) is 0 Å². The van der Waals surface area contributed by atoms with Crippen molar-refractivity contribution < 1.29 is 14.2 Å². The first-order valence-electron chi connectivity index (χ1n) is 5.82. The summed E-state index contributed by atoms with van der Waals surface area (Å²) in [4.78, 5) is 0. The standard InChI is InChI=1S/C15H15BrO3/c1-17-15(18-2)13-9-8-12(10-14(13)16)19-11-6-4-3-5-7-11/h3-10,15H,1-2H3. The van der Waals surface area contributed by atoms with Gasteiger partial charge in [0, 0.05) is 24.3 Å². The quantitative estimate of drug-likeness (QED) is 0.757. The lowest BCUT2D eigenvalue weighted by Gasteiger charge is -2.16. The highest BCUT2D eigenvalue weighted by Crippen LogP contribution is 2.31. The van der Waals surface area contributed by atoms with Gasteiger partial charge in [0.15, 0.2) is 6.29 Å². The van der Waals surface area contributed by atoms with Crippen molar-refractivity contribution in [3.05, 3.63) is 58.6 Å². The van der Waals surface area contributed by atoms with Crippen molar-refractivity contribution in [3.8, 4) is 11.5 Å². The highest BCUT2D eigenvalue weighted by molar-refractivity contribution is 9.10. The summed E-state index contributed by atoms with van der Waals surface area (Å²) in [6.45, 7) is 0. The maximum Gasteiger partial charge on any atom is 0.184 e. The molecule has 0 aliphatic heterocycles. The Labute approximate surface area is 121 Å². The van der Waals surface area contributed by atoms with E-state index in [0.717, 1.165) is 21.5 Å². The Morgan fingerprint density at radius 3 is 2.16 bits per heavy atom.